The molecule has 1 atom stereocenters. The van der Waals surface area contributed by atoms with Gasteiger partial charge in [0.1, 0.15) is 5.75 Å². The van der Waals surface area contributed by atoms with Crippen LogP contribution < -0.4 is 29.7 Å². The first-order chi connectivity index (χ1) is 17.9. The lowest BCUT2D eigenvalue weighted by Gasteiger charge is -2.17. The molecule has 2 aliphatic heterocycles. The predicted molar refractivity (Wildman–Crippen MR) is 137 cm³/mol. The van der Waals surface area contributed by atoms with E-state index in [1.807, 2.05) is 49.4 Å². The van der Waals surface area contributed by atoms with Crippen LogP contribution in [0.2, 0.25) is 0 Å². The van der Waals surface area contributed by atoms with Crippen LogP contribution in [0.1, 0.15) is 17.5 Å². The first-order valence-electron chi connectivity index (χ1n) is 12.0. The normalized spacial score (nSPS) is 16.0. The zero-order valence-corrected chi connectivity index (χ0v) is 20.4. The van der Waals surface area contributed by atoms with Crippen molar-refractivity contribution < 1.29 is 28.6 Å². The molecule has 0 radical (unpaired) electrons. The highest BCUT2D eigenvalue weighted by molar-refractivity contribution is 6.00. The lowest BCUT2D eigenvalue weighted by molar-refractivity contribution is -0.126. The molecule has 3 amide bonds. The Morgan fingerprint density at radius 3 is 2.54 bits per heavy atom. The number of anilines is 2. The summed E-state index contributed by atoms with van der Waals surface area (Å²) >= 11 is 0. The molecule has 3 aromatic carbocycles. The number of carbonyl (C=O) groups excluding carboxylic acids is 3. The fourth-order valence-corrected chi connectivity index (χ4v) is 4.22. The zero-order chi connectivity index (χ0) is 25.8. The number of fused-ring (bicyclic) bond motifs is 1. The van der Waals surface area contributed by atoms with Crippen LogP contribution in [-0.4, -0.2) is 37.7 Å². The molecule has 2 N–H and O–H groups in total. The number of nitrogens with zero attached hydrogens (tertiary/aromatic N) is 1. The van der Waals surface area contributed by atoms with Crippen LogP contribution in [0.3, 0.4) is 0 Å². The van der Waals surface area contributed by atoms with Gasteiger partial charge in [-0.05, 0) is 61.0 Å². The van der Waals surface area contributed by atoms with E-state index in [1.165, 1.54) is 0 Å². The SMILES string of the molecule is Cc1ccc(NC(=O)COc2ccc(N3C[C@H](C(=O)NCc4ccc5c(c4)OCO5)CC3=O)cc2)cc1. The lowest BCUT2D eigenvalue weighted by atomic mass is 10.1. The van der Waals surface area contributed by atoms with E-state index in [9.17, 15) is 14.4 Å². The van der Waals surface area contributed by atoms with Gasteiger partial charge in [0, 0.05) is 30.9 Å². The summed E-state index contributed by atoms with van der Waals surface area (Å²) in [7, 11) is 0. The van der Waals surface area contributed by atoms with Gasteiger partial charge < -0.3 is 29.7 Å². The molecule has 1 fully saturated rings. The van der Waals surface area contributed by atoms with Crippen LogP contribution in [0.4, 0.5) is 11.4 Å². The summed E-state index contributed by atoms with van der Waals surface area (Å²) in [5, 5.41) is 5.69. The number of nitrogens with one attached hydrogen (secondary N) is 2. The first-order valence-corrected chi connectivity index (χ1v) is 12.0. The highest BCUT2D eigenvalue weighted by atomic mass is 16.7. The van der Waals surface area contributed by atoms with E-state index in [0.717, 1.165) is 11.1 Å². The van der Waals surface area contributed by atoms with Gasteiger partial charge in [-0.25, -0.2) is 0 Å². The fourth-order valence-electron chi connectivity index (χ4n) is 4.22. The maximum Gasteiger partial charge on any atom is 0.262 e. The summed E-state index contributed by atoms with van der Waals surface area (Å²) < 4.78 is 16.2. The molecular formula is C28H27N3O6. The molecule has 2 heterocycles. The maximum absolute atomic E-state index is 12.7. The van der Waals surface area contributed by atoms with Gasteiger partial charge in [0.15, 0.2) is 18.1 Å². The summed E-state index contributed by atoms with van der Waals surface area (Å²) in [4.78, 5) is 39.1. The second-order valence-corrected chi connectivity index (χ2v) is 9.01. The summed E-state index contributed by atoms with van der Waals surface area (Å²) in [5.41, 5.74) is 3.38. The second-order valence-electron chi connectivity index (χ2n) is 9.01. The standard InChI is InChI=1S/C28H27N3O6/c1-18-2-5-21(6-3-18)30-26(32)16-35-23-9-7-22(8-10-23)31-15-20(13-27(31)33)28(34)29-14-19-4-11-24-25(12-19)37-17-36-24/h2-12,20H,13-17H2,1H3,(H,29,34)(H,30,32)/t20-/m1/s1. The third-order valence-corrected chi connectivity index (χ3v) is 6.25. The van der Waals surface area contributed by atoms with Crippen molar-refractivity contribution in [3.05, 3.63) is 77.9 Å². The average molecular weight is 502 g/mol. The van der Waals surface area contributed by atoms with Crippen molar-refractivity contribution >= 4 is 29.1 Å². The molecule has 0 aromatic heterocycles. The largest absolute Gasteiger partial charge is 0.484 e. The Labute approximate surface area is 214 Å². The average Bonchev–Trinajstić information content (AvgIpc) is 3.54. The Morgan fingerprint density at radius 1 is 1.00 bits per heavy atom. The molecule has 190 valence electrons. The third-order valence-electron chi connectivity index (χ3n) is 6.25. The Balaban J connectivity index is 1.10. The highest BCUT2D eigenvalue weighted by Gasteiger charge is 2.35. The summed E-state index contributed by atoms with van der Waals surface area (Å²) in [6, 6.07) is 19.9. The molecule has 0 unspecified atom stereocenters. The molecule has 9 heteroatoms. The van der Waals surface area contributed by atoms with Crippen LogP contribution in [-0.2, 0) is 20.9 Å². The van der Waals surface area contributed by atoms with Gasteiger partial charge >= 0.3 is 0 Å². The van der Waals surface area contributed by atoms with Gasteiger partial charge in [-0.15, -0.1) is 0 Å². The summed E-state index contributed by atoms with van der Waals surface area (Å²) in [5.74, 6) is 0.859. The minimum atomic E-state index is -0.442. The van der Waals surface area contributed by atoms with Gasteiger partial charge in [-0.3, -0.25) is 14.4 Å². The smallest absolute Gasteiger partial charge is 0.262 e. The highest BCUT2D eigenvalue weighted by Crippen LogP contribution is 2.32. The molecule has 2 aliphatic rings. The Kier molecular flexibility index (Phi) is 6.93. The van der Waals surface area contributed by atoms with E-state index in [4.69, 9.17) is 14.2 Å². The quantitative estimate of drug-likeness (QED) is 0.490. The van der Waals surface area contributed by atoms with Crippen molar-refractivity contribution in [1.82, 2.24) is 5.32 Å². The van der Waals surface area contributed by atoms with Crippen molar-refractivity contribution in [3.63, 3.8) is 0 Å². The number of ether oxygens (including phenoxy) is 3. The number of hydrogen-bond donors (Lipinski definition) is 2. The van der Waals surface area contributed by atoms with Crippen LogP contribution >= 0.6 is 0 Å². The minimum absolute atomic E-state index is 0.116. The van der Waals surface area contributed by atoms with Gasteiger partial charge in [0.2, 0.25) is 18.6 Å². The van der Waals surface area contributed by atoms with E-state index in [0.29, 0.717) is 41.7 Å². The van der Waals surface area contributed by atoms with Crippen molar-refractivity contribution in [2.45, 2.75) is 19.9 Å². The van der Waals surface area contributed by atoms with Gasteiger partial charge in [-0.2, -0.15) is 0 Å². The second kappa shape index (κ2) is 10.6. The Hall–Kier alpha value is -4.53. The van der Waals surface area contributed by atoms with E-state index < -0.39 is 5.92 Å². The molecule has 3 aromatic rings. The predicted octanol–water partition coefficient (Wildman–Crippen LogP) is 3.41. The van der Waals surface area contributed by atoms with Crippen LogP contribution in [0, 0.1) is 12.8 Å². The van der Waals surface area contributed by atoms with E-state index in [2.05, 4.69) is 10.6 Å². The van der Waals surface area contributed by atoms with Gasteiger partial charge in [0.25, 0.3) is 5.91 Å². The molecule has 0 aliphatic carbocycles. The maximum atomic E-state index is 12.7. The molecule has 0 saturated carbocycles. The molecular weight excluding hydrogens is 474 g/mol. The van der Waals surface area contributed by atoms with E-state index >= 15 is 0 Å². The van der Waals surface area contributed by atoms with Gasteiger partial charge in [0.05, 0.1) is 5.92 Å². The molecule has 0 spiro atoms. The summed E-state index contributed by atoms with van der Waals surface area (Å²) in [6.07, 6.45) is 0.143. The molecule has 9 nitrogen and oxygen atoms in total. The first kappa shape index (κ1) is 24.2. The third kappa shape index (κ3) is 5.83. The number of benzene rings is 3. The number of hydrogen-bond acceptors (Lipinski definition) is 6. The van der Waals surface area contributed by atoms with E-state index in [1.54, 1.807) is 29.2 Å². The topological polar surface area (TPSA) is 106 Å². The van der Waals surface area contributed by atoms with Crippen molar-refractivity contribution in [3.8, 4) is 17.2 Å². The molecule has 1 saturated heterocycles. The number of rotatable bonds is 8. The fraction of sp³-hybridized carbons (Fsp3) is 0.250. The van der Waals surface area contributed by atoms with Crippen LogP contribution in [0.25, 0.3) is 0 Å². The molecule has 5 rings (SSSR count). The van der Waals surface area contributed by atoms with Crippen molar-refractivity contribution in [2.75, 3.05) is 30.2 Å². The number of aryl methyl sites for hydroxylation is 1. The lowest BCUT2D eigenvalue weighted by Crippen LogP contribution is -2.32. The van der Waals surface area contributed by atoms with E-state index in [-0.39, 0.29) is 37.5 Å². The number of carbonyl (C=O) groups is 3. The molecule has 37 heavy (non-hydrogen) atoms. The Morgan fingerprint density at radius 2 is 1.76 bits per heavy atom. The zero-order valence-electron chi connectivity index (χ0n) is 20.4. The summed E-state index contributed by atoms with van der Waals surface area (Å²) in [6.45, 7) is 2.67. The Bertz CT molecular complexity index is 1310. The van der Waals surface area contributed by atoms with Crippen LogP contribution in [0.5, 0.6) is 17.2 Å². The number of amides is 3. The van der Waals surface area contributed by atoms with Gasteiger partial charge in [-0.1, -0.05) is 23.8 Å². The molecule has 0 bridgehead atoms. The minimum Gasteiger partial charge on any atom is -0.484 e. The van der Waals surface area contributed by atoms with Crippen molar-refractivity contribution in [2.24, 2.45) is 5.92 Å². The van der Waals surface area contributed by atoms with Crippen LogP contribution in [0.15, 0.2) is 66.7 Å². The van der Waals surface area contributed by atoms with Crippen molar-refractivity contribution in [1.29, 1.82) is 0 Å². The monoisotopic (exact) mass is 501 g/mol.